The monoisotopic (exact) mass is 888 g/mol. The number of hydrogen-bond acceptors (Lipinski definition) is 7. The third kappa shape index (κ3) is 44.5. The average molecular weight is 888 g/mol. The van der Waals surface area contributed by atoms with Gasteiger partial charge in [-0.3, -0.25) is 9.59 Å². The average Bonchev–Trinajstić information content (AvgIpc) is 3.24. The third-order valence-electron chi connectivity index (χ3n) is 12.0. The number of quaternary nitrogens is 1. The highest BCUT2D eigenvalue weighted by Crippen LogP contribution is 2.17. The zero-order valence-electron chi connectivity index (χ0n) is 42.0. The summed E-state index contributed by atoms with van der Waals surface area (Å²) in [7, 11) is 5.41. The van der Waals surface area contributed by atoms with Gasteiger partial charge < -0.3 is 28.6 Å². The molecular formula is C55H101NO7. The van der Waals surface area contributed by atoms with Crippen molar-refractivity contribution in [1.82, 2.24) is 0 Å². The number of ether oxygens (including phenoxy) is 3. The molecular weight excluding hydrogens is 787 g/mol. The van der Waals surface area contributed by atoms with Crippen molar-refractivity contribution >= 4 is 17.9 Å². The maximum absolute atomic E-state index is 12.8. The van der Waals surface area contributed by atoms with Crippen molar-refractivity contribution in [2.45, 2.75) is 257 Å². The van der Waals surface area contributed by atoms with Crippen LogP contribution in [-0.4, -0.2) is 75.5 Å². The van der Waals surface area contributed by atoms with Gasteiger partial charge in [0.15, 0.2) is 6.10 Å². The van der Waals surface area contributed by atoms with E-state index >= 15 is 0 Å². The molecule has 2 atom stereocenters. The van der Waals surface area contributed by atoms with Crippen LogP contribution >= 0.6 is 0 Å². The molecule has 368 valence electrons. The molecule has 8 heteroatoms. The van der Waals surface area contributed by atoms with E-state index in [2.05, 4.69) is 50.3 Å². The molecule has 0 bridgehead atoms. The molecule has 0 aliphatic heterocycles. The number of likely N-dealkylation sites (N-methyl/N-ethyl adjacent to an activating group) is 1. The van der Waals surface area contributed by atoms with E-state index in [9.17, 15) is 19.5 Å². The van der Waals surface area contributed by atoms with Gasteiger partial charge in [0.05, 0.1) is 40.3 Å². The Hall–Kier alpha value is -2.45. The van der Waals surface area contributed by atoms with E-state index in [1.54, 1.807) is 21.1 Å². The fraction of sp³-hybridized carbons (Fsp3) is 0.836. The van der Waals surface area contributed by atoms with Gasteiger partial charge in [0.25, 0.3) is 0 Å². The molecule has 0 heterocycles. The highest BCUT2D eigenvalue weighted by molar-refractivity contribution is 5.70. The molecule has 0 aromatic carbocycles. The highest BCUT2D eigenvalue weighted by Gasteiger charge is 2.25. The normalized spacial score (nSPS) is 13.1. The second-order valence-corrected chi connectivity index (χ2v) is 19.1. The molecule has 0 saturated heterocycles. The number of nitrogens with zero attached hydrogens (tertiary/aromatic N) is 1. The molecule has 0 aliphatic carbocycles. The summed E-state index contributed by atoms with van der Waals surface area (Å²) in [6.45, 7) is 4.57. The van der Waals surface area contributed by atoms with Crippen LogP contribution in [0.3, 0.4) is 0 Å². The van der Waals surface area contributed by atoms with Crippen LogP contribution in [-0.2, 0) is 28.6 Å². The number of allylic oxidation sites excluding steroid dienone is 6. The van der Waals surface area contributed by atoms with Gasteiger partial charge in [-0.15, -0.1) is 0 Å². The zero-order valence-corrected chi connectivity index (χ0v) is 42.0. The van der Waals surface area contributed by atoms with E-state index in [0.29, 0.717) is 12.8 Å². The van der Waals surface area contributed by atoms with E-state index in [1.807, 2.05) is 0 Å². The Morgan fingerprint density at radius 1 is 0.492 bits per heavy atom. The molecule has 0 fully saturated rings. The predicted molar refractivity (Wildman–Crippen MR) is 263 cm³/mol. The van der Waals surface area contributed by atoms with Crippen LogP contribution < -0.4 is 5.11 Å². The number of unbranched alkanes of at least 4 members (excludes halogenated alkanes) is 28. The van der Waals surface area contributed by atoms with Crippen molar-refractivity contribution in [1.29, 1.82) is 0 Å². The van der Waals surface area contributed by atoms with E-state index < -0.39 is 18.1 Å². The Bertz CT molecular complexity index is 1130. The molecule has 8 nitrogen and oxygen atoms in total. The molecule has 0 radical (unpaired) electrons. The van der Waals surface area contributed by atoms with Gasteiger partial charge in [-0.05, 0) is 44.9 Å². The van der Waals surface area contributed by atoms with Crippen LogP contribution in [0.2, 0.25) is 0 Å². The largest absolute Gasteiger partial charge is 0.544 e. The summed E-state index contributed by atoms with van der Waals surface area (Å²) in [5.41, 5.74) is 0. The fourth-order valence-electron chi connectivity index (χ4n) is 7.97. The molecule has 0 N–H and O–H groups in total. The Kier molecular flexibility index (Phi) is 44.3. The van der Waals surface area contributed by atoms with Crippen LogP contribution in [0.25, 0.3) is 0 Å². The zero-order chi connectivity index (χ0) is 46.3. The lowest BCUT2D eigenvalue weighted by atomic mass is 10.0. The standard InChI is InChI=1S/C55H101NO7/c1-6-8-10-12-14-16-18-20-22-23-24-25-26-27-28-29-30-32-33-35-37-39-41-43-45-53(57)62-50-51(49-61-48-47-52(55(59)60)56(3,4)5)63-54(58)46-44-42-40-38-36-34-31-21-19-17-15-13-11-9-7-2/h9,11,15,17,21,31,51-52H,6-8,10,12-14,16,18-20,22-30,32-50H2,1-5H3/b11-9-,17-15-,31-21-. The van der Waals surface area contributed by atoms with Crippen LogP contribution in [0.1, 0.15) is 245 Å². The molecule has 0 amide bonds. The summed E-state index contributed by atoms with van der Waals surface area (Å²) < 4.78 is 17.2. The number of carboxylic acid groups (broad SMARTS) is 1. The number of rotatable bonds is 48. The summed E-state index contributed by atoms with van der Waals surface area (Å²) in [5, 5.41) is 11.7. The summed E-state index contributed by atoms with van der Waals surface area (Å²) in [4.78, 5) is 37.0. The Morgan fingerprint density at radius 3 is 1.32 bits per heavy atom. The van der Waals surface area contributed by atoms with Crippen molar-refractivity contribution in [3.63, 3.8) is 0 Å². The van der Waals surface area contributed by atoms with Crippen LogP contribution in [0.15, 0.2) is 36.5 Å². The van der Waals surface area contributed by atoms with Crippen LogP contribution in [0, 0.1) is 0 Å². The van der Waals surface area contributed by atoms with Gasteiger partial charge >= 0.3 is 11.9 Å². The number of hydrogen-bond donors (Lipinski definition) is 0. The quantitative estimate of drug-likeness (QED) is 0.0259. The maximum atomic E-state index is 12.8. The first kappa shape index (κ1) is 60.5. The second-order valence-electron chi connectivity index (χ2n) is 19.1. The molecule has 2 unspecified atom stereocenters. The topological polar surface area (TPSA) is 102 Å². The number of esters is 2. The van der Waals surface area contributed by atoms with E-state index in [-0.39, 0.29) is 42.7 Å². The minimum Gasteiger partial charge on any atom is -0.544 e. The SMILES string of the molecule is CC/C=C\C/C=C\C/C=C\CCCCCCCC(=O)OC(COCCC(C(=O)[O-])[N+](C)(C)C)COC(=O)CCCCCCCCCCCCCCCCCCCCCCCCCC. The first-order valence-electron chi connectivity index (χ1n) is 26.5. The van der Waals surface area contributed by atoms with Gasteiger partial charge in [-0.25, -0.2) is 0 Å². The fourth-order valence-corrected chi connectivity index (χ4v) is 7.97. The van der Waals surface area contributed by atoms with Crippen LogP contribution in [0.5, 0.6) is 0 Å². The minimum atomic E-state index is -1.13. The van der Waals surface area contributed by atoms with E-state index in [1.165, 1.54) is 135 Å². The number of carboxylic acids is 1. The van der Waals surface area contributed by atoms with Crippen molar-refractivity contribution < 1.29 is 38.2 Å². The molecule has 0 aromatic rings. The summed E-state index contributed by atoms with van der Waals surface area (Å²) in [5.74, 6) is -1.74. The maximum Gasteiger partial charge on any atom is 0.306 e. The lowest BCUT2D eigenvalue weighted by Gasteiger charge is -2.34. The van der Waals surface area contributed by atoms with E-state index in [4.69, 9.17) is 14.2 Å². The molecule has 0 saturated carbocycles. The smallest absolute Gasteiger partial charge is 0.306 e. The Labute approximate surface area is 389 Å². The summed E-state index contributed by atoms with van der Waals surface area (Å²) >= 11 is 0. The van der Waals surface area contributed by atoms with Gasteiger partial charge in [-0.2, -0.15) is 0 Å². The molecule has 0 spiro atoms. The lowest BCUT2D eigenvalue weighted by molar-refractivity contribution is -0.889. The van der Waals surface area contributed by atoms with Gasteiger partial charge in [0.2, 0.25) is 0 Å². The predicted octanol–water partition coefficient (Wildman–Crippen LogP) is 14.0. The minimum absolute atomic E-state index is 0.0363. The van der Waals surface area contributed by atoms with Crippen molar-refractivity contribution in [3.05, 3.63) is 36.5 Å². The summed E-state index contributed by atoms with van der Waals surface area (Å²) in [6.07, 6.45) is 54.7. The van der Waals surface area contributed by atoms with Gasteiger partial charge in [0.1, 0.15) is 12.6 Å². The highest BCUT2D eigenvalue weighted by atomic mass is 16.6. The van der Waals surface area contributed by atoms with Gasteiger partial charge in [-0.1, -0.05) is 217 Å². The first-order chi connectivity index (χ1) is 30.6. The summed E-state index contributed by atoms with van der Waals surface area (Å²) in [6, 6.07) is -0.728. The van der Waals surface area contributed by atoms with Gasteiger partial charge in [0, 0.05) is 19.3 Å². The molecule has 0 rings (SSSR count). The Balaban J connectivity index is 4.14. The number of aliphatic carboxylic acids is 1. The van der Waals surface area contributed by atoms with Crippen LogP contribution in [0.4, 0.5) is 0 Å². The van der Waals surface area contributed by atoms with Crippen molar-refractivity contribution in [2.75, 3.05) is 41.0 Å². The molecule has 0 aliphatic rings. The third-order valence-corrected chi connectivity index (χ3v) is 12.0. The Morgan fingerprint density at radius 2 is 0.889 bits per heavy atom. The first-order valence-corrected chi connectivity index (χ1v) is 26.5. The van der Waals surface area contributed by atoms with E-state index in [0.717, 1.165) is 77.0 Å². The number of carbonyl (C=O) groups is 3. The van der Waals surface area contributed by atoms with Crippen molar-refractivity contribution in [2.24, 2.45) is 0 Å². The van der Waals surface area contributed by atoms with Crippen molar-refractivity contribution in [3.8, 4) is 0 Å². The lowest BCUT2D eigenvalue weighted by Crippen LogP contribution is -2.55. The number of carbonyl (C=O) groups excluding carboxylic acids is 3. The molecule has 0 aromatic heterocycles. The molecule has 63 heavy (non-hydrogen) atoms. The second kappa shape index (κ2) is 46.1.